The second kappa shape index (κ2) is 9.22. The molecule has 0 bridgehead atoms. The first-order chi connectivity index (χ1) is 16.4. The molecule has 34 heavy (non-hydrogen) atoms. The predicted molar refractivity (Wildman–Crippen MR) is 126 cm³/mol. The number of hydrogen-bond acceptors (Lipinski definition) is 7. The third-order valence-electron chi connectivity index (χ3n) is 5.84. The molecular weight excluding hydrogens is 476 g/mol. The van der Waals surface area contributed by atoms with Crippen LogP contribution in [0.25, 0.3) is 0 Å². The molecule has 2 saturated heterocycles. The summed E-state index contributed by atoms with van der Waals surface area (Å²) in [5, 5.41) is 12.6. The molecule has 2 aliphatic heterocycles. The number of imidazole rings is 1. The van der Waals surface area contributed by atoms with Crippen molar-refractivity contribution >= 4 is 41.3 Å². The van der Waals surface area contributed by atoms with Crippen LogP contribution in [-0.2, 0) is 27.3 Å². The Hall–Kier alpha value is -3.18. The van der Waals surface area contributed by atoms with E-state index in [1.165, 1.54) is 29.8 Å². The highest BCUT2D eigenvalue weighted by atomic mass is 32.2. The first kappa shape index (κ1) is 22.6. The molecule has 3 aromatic rings. The Balaban J connectivity index is 1.22. The zero-order valence-corrected chi connectivity index (χ0v) is 19.6. The topological polar surface area (TPSA) is 118 Å². The van der Waals surface area contributed by atoms with E-state index in [9.17, 15) is 19.5 Å². The highest BCUT2D eigenvalue weighted by Gasteiger charge is 2.57. The average molecular weight is 499 g/mol. The molecular formula is C23H22N4O5S2. The molecule has 2 amide bonds. The lowest BCUT2D eigenvalue weighted by molar-refractivity contribution is -0.152. The molecule has 11 heteroatoms. The summed E-state index contributed by atoms with van der Waals surface area (Å²) in [4.78, 5) is 43.8. The van der Waals surface area contributed by atoms with Crippen LogP contribution in [0.15, 0.2) is 70.7 Å². The number of aliphatic carboxylic acids is 1. The minimum Gasteiger partial charge on any atom is -0.480 e. The van der Waals surface area contributed by atoms with Gasteiger partial charge in [-0.1, -0.05) is 12.1 Å². The first-order valence-electron chi connectivity index (χ1n) is 10.6. The van der Waals surface area contributed by atoms with E-state index in [1.54, 1.807) is 29.6 Å². The Morgan fingerprint density at radius 2 is 2.12 bits per heavy atom. The van der Waals surface area contributed by atoms with Crippen LogP contribution in [0, 0.1) is 0 Å². The number of hydrogen-bond donors (Lipinski definition) is 2. The second-order valence-corrected chi connectivity index (χ2v) is 10.8. The van der Waals surface area contributed by atoms with Crippen molar-refractivity contribution in [1.82, 2.24) is 19.8 Å². The van der Waals surface area contributed by atoms with E-state index in [0.29, 0.717) is 18.1 Å². The first-order valence-corrected chi connectivity index (χ1v) is 12.5. The van der Waals surface area contributed by atoms with Gasteiger partial charge in [0.25, 0.3) is 0 Å². The molecule has 3 atom stereocenters. The molecule has 2 N–H and O–H groups in total. The number of benzene rings is 1. The highest BCUT2D eigenvalue weighted by Crippen LogP contribution is 2.46. The second-order valence-electron chi connectivity index (χ2n) is 8.25. The van der Waals surface area contributed by atoms with E-state index >= 15 is 0 Å². The summed E-state index contributed by atoms with van der Waals surface area (Å²) >= 11 is 2.65. The summed E-state index contributed by atoms with van der Waals surface area (Å²) in [6.07, 6.45) is 6.90. The molecule has 9 nitrogen and oxygen atoms in total. The number of aromatic nitrogens is 2. The fourth-order valence-corrected chi connectivity index (χ4v) is 6.91. The van der Waals surface area contributed by atoms with Gasteiger partial charge in [0, 0.05) is 36.1 Å². The minimum atomic E-state index is -1.16. The summed E-state index contributed by atoms with van der Waals surface area (Å²) in [5.41, 5.74) is 1.08. The third kappa shape index (κ3) is 4.45. The third-order valence-corrected chi connectivity index (χ3v) is 8.89. The molecule has 2 unspecified atom stereocenters. The summed E-state index contributed by atoms with van der Waals surface area (Å²) < 4.78 is 5.98. The van der Waals surface area contributed by atoms with Gasteiger partial charge < -0.3 is 24.3 Å². The summed E-state index contributed by atoms with van der Waals surface area (Å²) in [7, 11) is 0. The van der Waals surface area contributed by atoms with E-state index in [1.807, 2.05) is 35.0 Å². The van der Waals surface area contributed by atoms with Crippen molar-refractivity contribution in [2.75, 3.05) is 12.3 Å². The Bertz CT molecular complexity index is 1180. The van der Waals surface area contributed by atoms with Crippen molar-refractivity contribution in [3.05, 3.63) is 72.7 Å². The van der Waals surface area contributed by atoms with Crippen LogP contribution in [-0.4, -0.2) is 65.8 Å². The molecule has 4 heterocycles. The maximum Gasteiger partial charge on any atom is 0.322 e. The molecule has 176 valence electrons. The highest BCUT2D eigenvalue weighted by molar-refractivity contribution is 8.05. The molecule has 5 rings (SSSR count). The van der Waals surface area contributed by atoms with Crippen LogP contribution < -0.4 is 5.32 Å². The Kier molecular flexibility index (Phi) is 6.13. The van der Waals surface area contributed by atoms with Crippen molar-refractivity contribution < 1.29 is 23.9 Å². The van der Waals surface area contributed by atoms with Gasteiger partial charge in [0.15, 0.2) is 0 Å². The number of carboxylic acids is 1. The van der Waals surface area contributed by atoms with Gasteiger partial charge in [-0.15, -0.1) is 23.5 Å². The Morgan fingerprint density at radius 1 is 1.29 bits per heavy atom. The number of nitrogens with one attached hydrogen (secondary N) is 1. The molecule has 0 saturated carbocycles. The number of nitrogens with zero attached hydrogens (tertiary/aromatic N) is 3. The molecule has 2 aliphatic rings. The SMILES string of the molecule is O=C(Cc1ccco1)NC1C(=O)N2CC(Sc3ccc(Cn4ccnc4)cc3)(C(=O)O)CS[C@H]12. The number of carbonyl (C=O) groups excluding carboxylic acids is 2. The van der Waals surface area contributed by atoms with Crippen molar-refractivity contribution in [1.29, 1.82) is 0 Å². The van der Waals surface area contributed by atoms with E-state index < -0.39 is 16.8 Å². The zero-order chi connectivity index (χ0) is 23.7. The number of carbonyl (C=O) groups is 3. The van der Waals surface area contributed by atoms with Crippen molar-refractivity contribution in [3.8, 4) is 0 Å². The Morgan fingerprint density at radius 3 is 2.79 bits per heavy atom. The molecule has 1 aromatic carbocycles. The molecule has 0 aliphatic carbocycles. The summed E-state index contributed by atoms with van der Waals surface area (Å²) in [6, 6.07) is 10.5. The van der Waals surface area contributed by atoms with Gasteiger partial charge in [0.2, 0.25) is 11.8 Å². The lowest BCUT2D eigenvalue weighted by Crippen LogP contribution is -2.74. The minimum absolute atomic E-state index is 0.0555. The summed E-state index contributed by atoms with van der Waals surface area (Å²) in [5.74, 6) is -0.664. The van der Waals surface area contributed by atoms with Crippen LogP contribution in [0.1, 0.15) is 11.3 Å². The average Bonchev–Trinajstić information content (AvgIpc) is 3.53. The summed E-state index contributed by atoms with van der Waals surface area (Å²) in [6.45, 7) is 0.771. The van der Waals surface area contributed by atoms with E-state index in [4.69, 9.17) is 4.42 Å². The van der Waals surface area contributed by atoms with E-state index in [2.05, 4.69) is 10.3 Å². The van der Waals surface area contributed by atoms with Crippen LogP contribution in [0.3, 0.4) is 0 Å². The van der Waals surface area contributed by atoms with Crippen molar-refractivity contribution in [2.24, 2.45) is 0 Å². The lowest BCUT2D eigenvalue weighted by Gasteiger charge is -2.53. The molecule has 0 spiro atoms. The van der Waals surface area contributed by atoms with Gasteiger partial charge in [0.1, 0.15) is 21.9 Å². The number of furan rings is 1. The predicted octanol–water partition coefficient (Wildman–Crippen LogP) is 2.08. The normalized spacial score (nSPS) is 23.8. The number of amides is 2. The van der Waals surface area contributed by atoms with Gasteiger partial charge >= 0.3 is 5.97 Å². The molecule has 2 aromatic heterocycles. The van der Waals surface area contributed by atoms with Crippen LogP contribution in [0.5, 0.6) is 0 Å². The van der Waals surface area contributed by atoms with Gasteiger partial charge in [-0.2, -0.15) is 0 Å². The fraction of sp³-hybridized carbons (Fsp3) is 0.304. The van der Waals surface area contributed by atoms with Crippen molar-refractivity contribution in [2.45, 2.75) is 34.0 Å². The number of thioether (sulfide) groups is 2. The van der Waals surface area contributed by atoms with Crippen LogP contribution in [0.2, 0.25) is 0 Å². The smallest absolute Gasteiger partial charge is 0.322 e. The number of carboxylic acid groups (broad SMARTS) is 1. The van der Waals surface area contributed by atoms with Gasteiger partial charge in [-0.25, -0.2) is 4.98 Å². The standard InChI is InChI=1S/C23H22N4O5S2/c28-18(10-16-2-1-9-32-16)25-19-20(29)27-12-23(22(30)31,13-33-21(19)27)34-17-5-3-15(4-6-17)11-26-8-7-24-14-26/h1-9,14,19,21H,10-13H2,(H,25,28)(H,30,31)/t19?,21-,23?/m1/s1. The van der Waals surface area contributed by atoms with Gasteiger partial charge in [0.05, 0.1) is 19.0 Å². The van der Waals surface area contributed by atoms with Crippen molar-refractivity contribution in [3.63, 3.8) is 0 Å². The molecule has 2 fully saturated rings. The van der Waals surface area contributed by atoms with Crippen LogP contribution >= 0.6 is 23.5 Å². The fourth-order valence-electron chi connectivity index (χ4n) is 4.06. The Labute approximate surface area is 203 Å². The van der Waals surface area contributed by atoms with Gasteiger partial charge in [-0.05, 0) is 29.8 Å². The zero-order valence-electron chi connectivity index (χ0n) is 18.0. The maximum atomic E-state index is 12.8. The lowest BCUT2D eigenvalue weighted by atomic mass is 10.0. The number of rotatable bonds is 8. The van der Waals surface area contributed by atoms with Gasteiger partial charge in [-0.3, -0.25) is 14.4 Å². The monoisotopic (exact) mass is 498 g/mol. The number of β-lactam (4-membered cyclic amide) rings is 1. The quantitative estimate of drug-likeness (QED) is 0.454. The largest absolute Gasteiger partial charge is 0.480 e. The van der Waals surface area contributed by atoms with E-state index in [-0.39, 0.29) is 30.2 Å². The van der Waals surface area contributed by atoms with E-state index in [0.717, 1.165) is 10.5 Å². The molecule has 0 radical (unpaired) electrons. The van der Waals surface area contributed by atoms with Crippen LogP contribution in [0.4, 0.5) is 0 Å². The number of fused-ring (bicyclic) bond motifs is 1. The maximum absolute atomic E-state index is 12.8.